The maximum atomic E-state index is 15.1. The zero-order valence-electron chi connectivity index (χ0n) is 32.2. The van der Waals surface area contributed by atoms with Gasteiger partial charge in [0.05, 0.1) is 51.5 Å². The van der Waals surface area contributed by atoms with Crippen LogP contribution in [0, 0.1) is 5.82 Å². The number of anilines is 1. The van der Waals surface area contributed by atoms with Gasteiger partial charge < -0.3 is 28.6 Å². The van der Waals surface area contributed by atoms with Crippen LogP contribution in [0.1, 0.15) is 81.2 Å². The van der Waals surface area contributed by atoms with Gasteiger partial charge in [-0.1, -0.05) is 13.8 Å². The summed E-state index contributed by atoms with van der Waals surface area (Å²) in [5, 5.41) is 0. The fraction of sp³-hybridized carbons (Fsp3) is 0.425. The zero-order valence-corrected chi connectivity index (χ0v) is 32.2. The van der Waals surface area contributed by atoms with E-state index in [0.29, 0.717) is 40.8 Å². The van der Waals surface area contributed by atoms with Crippen molar-refractivity contribution in [2.75, 3.05) is 32.8 Å². The molecule has 0 amide bonds. The molecule has 0 fully saturated rings. The largest absolute Gasteiger partial charge is 0.496 e. The number of alkyl halides is 6. The second-order valence-electron chi connectivity index (χ2n) is 14.1. The van der Waals surface area contributed by atoms with Crippen LogP contribution < -0.4 is 23.8 Å². The molecular formula is C40H44F7N3O6. The average molecular weight is 796 g/mol. The van der Waals surface area contributed by atoms with E-state index < -0.39 is 47.4 Å². The smallest absolute Gasteiger partial charge is 0.416 e. The molecule has 0 saturated carbocycles. The highest BCUT2D eigenvalue weighted by atomic mass is 19.4. The number of rotatable bonds is 15. The molecule has 304 valence electrons. The lowest BCUT2D eigenvalue weighted by Crippen LogP contribution is -2.25. The number of carbonyl (C=O) groups excluding carboxylic acids is 1. The second kappa shape index (κ2) is 17.7. The number of benzene rings is 3. The summed E-state index contributed by atoms with van der Waals surface area (Å²) in [5.41, 5.74) is -2.27. The van der Waals surface area contributed by atoms with Crippen LogP contribution in [-0.2, 0) is 35.0 Å². The lowest BCUT2D eigenvalue weighted by molar-refractivity contribution is -0.155. The van der Waals surface area contributed by atoms with Crippen molar-refractivity contribution in [2.24, 2.45) is 0 Å². The number of aromatic nitrogens is 2. The Morgan fingerprint density at radius 1 is 0.750 bits per heavy atom. The van der Waals surface area contributed by atoms with E-state index in [2.05, 4.69) is 9.97 Å². The van der Waals surface area contributed by atoms with Crippen LogP contribution in [-0.4, -0.2) is 49.5 Å². The van der Waals surface area contributed by atoms with Gasteiger partial charge in [-0.05, 0) is 91.8 Å². The van der Waals surface area contributed by atoms with Gasteiger partial charge in [-0.3, -0.25) is 4.79 Å². The molecule has 0 spiro atoms. The van der Waals surface area contributed by atoms with Crippen LogP contribution in [0.2, 0.25) is 0 Å². The molecule has 0 aliphatic heterocycles. The van der Waals surface area contributed by atoms with Crippen molar-refractivity contribution in [3.05, 3.63) is 88.5 Å². The van der Waals surface area contributed by atoms with Crippen LogP contribution in [0.15, 0.2) is 54.9 Å². The Morgan fingerprint density at radius 3 is 1.84 bits per heavy atom. The van der Waals surface area contributed by atoms with Gasteiger partial charge in [0.2, 0.25) is 5.95 Å². The van der Waals surface area contributed by atoms with Crippen molar-refractivity contribution in [1.29, 1.82) is 0 Å². The van der Waals surface area contributed by atoms with E-state index in [4.69, 9.17) is 23.7 Å². The fourth-order valence-corrected chi connectivity index (χ4v) is 5.78. The number of hydrogen-bond acceptors (Lipinski definition) is 9. The highest BCUT2D eigenvalue weighted by Crippen LogP contribution is 2.43. The number of esters is 1. The van der Waals surface area contributed by atoms with Gasteiger partial charge in [-0.25, -0.2) is 14.4 Å². The predicted molar refractivity (Wildman–Crippen MR) is 195 cm³/mol. The Labute approximate surface area is 320 Å². The molecule has 0 N–H and O–H groups in total. The number of halogens is 7. The van der Waals surface area contributed by atoms with Gasteiger partial charge in [-0.2, -0.15) is 26.3 Å². The van der Waals surface area contributed by atoms with Crippen molar-refractivity contribution in [3.63, 3.8) is 0 Å². The number of hydrogen-bond donors (Lipinski definition) is 0. The molecule has 4 rings (SSSR count). The Balaban J connectivity index is 1.82. The van der Waals surface area contributed by atoms with E-state index in [0.717, 1.165) is 0 Å². The summed E-state index contributed by atoms with van der Waals surface area (Å²) < 4.78 is 126. The summed E-state index contributed by atoms with van der Waals surface area (Å²) in [5.74, 6) is -0.334. The van der Waals surface area contributed by atoms with Crippen LogP contribution >= 0.6 is 0 Å². The van der Waals surface area contributed by atoms with Crippen LogP contribution in [0.4, 0.5) is 36.7 Å². The quantitative estimate of drug-likeness (QED) is 0.0662. The fourth-order valence-electron chi connectivity index (χ4n) is 5.78. The maximum absolute atomic E-state index is 15.1. The molecule has 0 atom stereocenters. The molecule has 0 unspecified atom stereocenters. The van der Waals surface area contributed by atoms with Gasteiger partial charge in [0.1, 0.15) is 17.2 Å². The molecule has 16 heteroatoms. The van der Waals surface area contributed by atoms with E-state index in [1.54, 1.807) is 39.0 Å². The summed E-state index contributed by atoms with van der Waals surface area (Å²) in [6.07, 6.45) is -7.17. The molecule has 0 bridgehead atoms. The molecule has 0 aliphatic rings. The van der Waals surface area contributed by atoms with E-state index >= 15 is 4.39 Å². The number of methoxy groups -OCH3 is 3. The number of ether oxygens (including phenoxy) is 5. The molecule has 0 radical (unpaired) electrons. The van der Waals surface area contributed by atoms with Crippen LogP contribution in [0.3, 0.4) is 0 Å². The second-order valence-corrected chi connectivity index (χ2v) is 14.1. The van der Waals surface area contributed by atoms with Crippen molar-refractivity contribution in [3.8, 4) is 34.1 Å². The number of nitrogens with zero attached hydrogens (tertiary/aromatic N) is 3. The van der Waals surface area contributed by atoms with Gasteiger partial charge in [0.25, 0.3) is 0 Å². The summed E-state index contributed by atoms with van der Waals surface area (Å²) in [6, 6.07) is 7.39. The molecule has 9 nitrogen and oxygen atoms in total. The van der Waals surface area contributed by atoms with Crippen molar-refractivity contribution in [2.45, 2.75) is 84.4 Å². The monoisotopic (exact) mass is 795 g/mol. The third-order valence-corrected chi connectivity index (χ3v) is 8.33. The van der Waals surface area contributed by atoms with Crippen LogP contribution in [0.25, 0.3) is 11.1 Å². The SMILES string of the molecule is COc1cc(CN(Cc2cc(C(F)(F)F)cc(C(F)(F)F)c2)c2ncc(OCCCC(=O)OC(C)(C)C)cn2)c(-c2cc(C(C)C)c(F)cc2OC)cc1OC. The first-order chi connectivity index (χ1) is 26.1. The summed E-state index contributed by atoms with van der Waals surface area (Å²) in [7, 11) is 4.17. The minimum atomic E-state index is -5.08. The summed E-state index contributed by atoms with van der Waals surface area (Å²) in [6.45, 7) is 8.24. The Kier molecular flexibility index (Phi) is 13.7. The normalized spacial score (nSPS) is 12.1. The van der Waals surface area contributed by atoms with Gasteiger partial charge in [0.15, 0.2) is 17.2 Å². The lowest BCUT2D eigenvalue weighted by Gasteiger charge is -2.26. The molecule has 1 heterocycles. The van der Waals surface area contributed by atoms with Crippen molar-refractivity contribution >= 4 is 11.9 Å². The summed E-state index contributed by atoms with van der Waals surface area (Å²) >= 11 is 0. The van der Waals surface area contributed by atoms with Crippen LogP contribution in [0.5, 0.6) is 23.0 Å². The molecular weight excluding hydrogens is 751 g/mol. The predicted octanol–water partition coefficient (Wildman–Crippen LogP) is 10.2. The third kappa shape index (κ3) is 11.4. The number of carbonyl (C=O) groups is 1. The van der Waals surface area contributed by atoms with E-state index in [1.807, 2.05) is 13.8 Å². The molecule has 0 saturated heterocycles. The van der Waals surface area contributed by atoms with Crippen molar-refractivity contribution in [1.82, 2.24) is 9.97 Å². The highest BCUT2D eigenvalue weighted by Gasteiger charge is 2.37. The topological polar surface area (TPSA) is 92.2 Å². The van der Waals surface area contributed by atoms with Crippen molar-refractivity contribution < 1.29 is 59.2 Å². The van der Waals surface area contributed by atoms with E-state index in [1.165, 1.54) is 44.7 Å². The molecule has 4 aromatic rings. The maximum Gasteiger partial charge on any atom is 0.416 e. The first-order valence-electron chi connectivity index (χ1n) is 17.5. The average Bonchev–Trinajstić information content (AvgIpc) is 3.11. The third-order valence-electron chi connectivity index (χ3n) is 8.33. The van der Waals surface area contributed by atoms with Gasteiger partial charge in [-0.15, -0.1) is 0 Å². The lowest BCUT2D eigenvalue weighted by atomic mass is 9.92. The highest BCUT2D eigenvalue weighted by molar-refractivity contribution is 5.77. The molecule has 3 aromatic carbocycles. The van der Waals surface area contributed by atoms with Gasteiger partial charge >= 0.3 is 18.3 Å². The Bertz CT molecular complexity index is 1950. The summed E-state index contributed by atoms with van der Waals surface area (Å²) in [4.78, 5) is 22.2. The Morgan fingerprint density at radius 2 is 1.32 bits per heavy atom. The Hall–Kier alpha value is -5.28. The first-order valence-corrected chi connectivity index (χ1v) is 17.5. The molecule has 0 aliphatic carbocycles. The standard InChI is InChI=1S/C40H44F7N3O6/c1-23(2)29-16-31(33(52-6)18-32(29)41)30-17-35(54-8)34(53-7)14-25(30)22-50(21-24-12-26(39(42,43)44)15-27(13-24)40(45,46)47)37-48-19-28(20-49-37)55-11-9-10-36(51)56-38(3,4)5/h12-20,23H,9-11,21-22H2,1-8H3. The van der Waals surface area contributed by atoms with Gasteiger partial charge in [0, 0.05) is 31.1 Å². The van der Waals surface area contributed by atoms with E-state index in [-0.39, 0.29) is 66.1 Å². The van der Waals surface area contributed by atoms with E-state index in [9.17, 15) is 31.1 Å². The molecule has 1 aromatic heterocycles. The minimum Gasteiger partial charge on any atom is -0.496 e. The zero-order chi connectivity index (χ0) is 41.6. The minimum absolute atomic E-state index is 0.0544. The molecule has 56 heavy (non-hydrogen) atoms. The first kappa shape index (κ1) is 43.4.